The Morgan fingerprint density at radius 1 is 1.11 bits per heavy atom. The van der Waals surface area contributed by atoms with E-state index in [0.717, 1.165) is 12.8 Å². The van der Waals surface area contributed by atoms with Crippen LogP contribution in [0.3, 0.4) is 0 Å². The van der Waals surface area contributed by atoms with E-state index in [4.69, 9.17) is 4.74 Å². The molecule has 0 saturated heterocycles. The van der Waals surface area contributed by atoms with Crippen LogP contribution in [0.5, 0.6) is 0 Å². The third kappa shape index (κ3) is 8.84. The molecule has 0 aromatic heterocycles. The van der Waals surface area contributed by atoms with Crippen molar-refractivity contribution in [3.8, 4) is 0 Å². The van der Waals surface area contributed by atoms with Gasteiger partial charge in [0.2, 0.25) is 5.91 Å². The van der Waals surface area contributed by atoms with Gasteiger partial charge in [-0.1, -0.05) is 13.8 Å². The van der Waals surface area contributed by atoms with Crippen LogP contribution in [0.2, 0.25) is 0 Å². The number of alkyl carbamates (subject to hydrolysis) is 1. The Labute approximate surface area is 110 Å². The second kappa shape index (κ2) is 8.78. The smallest absolute Gasteiger partial charge is 0.407 e. The highest BCUT2D eigenvalue weighted by molar-refractivity contribution is 5.78. The molecular formula is C13H26N2O3. The molecule has 0 spiro atoms. The minimum atomic E-state index is -0.385. The summed E-state index contributed by atoms with van der Waals surface area (Å²) in [6.07, 6.45) is 1.16. The molecule has 0 aromatic carbocycles. The van der Waals surface area contributed by atoms with Crippen LogP contribution >= 0.6 is 0 Å². The maximum absolute atomic E-state index is 11.4. The number of carbonyl (C=O) groups is 2. The third-order valence-electron chi connectivity index (χ3n) is 2.34. The van der Waals surface area contributed by atoms with Gasteiger partial charge in [0.15, 0.2) is 0 Å². The molecule has 106 valence electrons. The maximum atomic E-state index is 11.4. The molecule has 0 fully saturated rings. The Bertz CT molecular complexity index is 265. The van der Waals surface area contributed by atoms with Gasteiger partial charge in [-0.15, -0.1) is 0 Å². The van der Waals surface area contributed by atoms with Crippen molar-refractivity contribution in [3.63, 3.8) is 0 Å². The van der Waals surface area contributed by atoms with Gasteiger partial charge in [0.25, 0.3) is 0 Å². The van der Waals surface area contributed by atoms with Gasteiger partial charge in [-0.25, -0.2) is 4.79 Å². The van der Waals surface area contributed by atoms with Gasteiger partial charge >= 0.3 is 6.09 Å². The highest BCUT2D eigenvalue weighted by Gasteiger charge is 2.10. The molecule has 5 nitrogen and oxygen atoms in total. The normalized spacial score (nSPS) is 12.4. The highest BCUT2D eigenvalue weighted by Crippen LogP contribution is 1.99. The summed E-state index contributed by atoms with van der Waals surface area (Å²) in [5.41, 5.74) is 0. The number of hydrogen-bond donors (Lipinski definition) is 2. The molecule has 1 atom stereocenters. The van der Waals surface area contributed by atoms with E-state index >= 15 is 0 Å². The number of ether oxygens (including phenoxy) is 1. The largest absolute Gasteiger partial charge is 0.447 e. The van der Waals surface area contributed by atoms with Crippen LogP contribution in [-0.4, -0.2) is 30.7 Å². The predicted octanol–water partition coefficient (Wildman–Crippen LogP) is 2.06. The summed E-state index contributed by atoms with van der Waals surface area (Å²) in [6, 6.07) is 0.128. The van der Waals surface area contributed by atoms with Gasteiger partial charge in [-0.05, 0) is 33.6 Å². The van der Waals surface area contributed by atoms with E-state index in [2.05, 4.69) is 10.6 Å². The Balaban J connectivity index is 3.60. The van der Waals surface area contributed by atoms with E-state index < -0.39 is 0 Å². The predicted molar refractivity (Wildman–Crippen MR) is 71.3 cm³/mol. The van der Waals surface area contributed by atoms with Crippen molar-refractivity contribution < 1.29 is 14.3 Å². The first-order valence-electron chi connectivity index (χ1n) is 6.57. The molecule has 2 amide bonds. The first-order valence-corrected chi connectivity index (χ1v) is 6.57. The van der Waals surface area contributed by atoms with Crippen molar-refractivity contribution in [2.24, 2.45) is 5.92 Å². The van der Waals surface area contributed by atoms with Crippen molar-refractivity contribution >= 4 is 12.0 Å². The lowest BCUT2D eigenvalue weighted by Crippen LogP contribution is -2.36. The molecule has 0 bridgehead atoms. The lowest BCUT2D eigenvalue weighted by Gasteiger charge is -2.15. The van der Waals surface area contributed by atoms with Crippen LogP contribution in [0.4, 0.5) is 4.79 Å². The monoisotopic (exact) mass is 258 g/mol. The van der Waals surface area contributed by atoms with Gasteiger partial charge in [-0.3, -0.25) is 4.79 Å². The second-order valence-electron chi connectivity index (χ2n) is 5.09. The van der Waals surface area contributed by atoms with Crippen molar-refractivity contribution in [1.82, 2.24) is 10.6 Å². The van der Waals surface area contributed by atoms with E-state index in [-0.39, 0.29) is 30.1 Å². The van der Waals surface area contributed by atoms with Crippen LogP contribution in [0.15, 0.2) is 0 Å². The Morgan fingerprint density at radius 3 is 2.22 bits per heavy atom. The van der Waals surface area contributed by atoms with Crippen LogP contribution in [0.1, 0.15) is 47.5 Å². The second-order valence-corrected chi connectivity index (χ2v) is 5.09. The number of carbonyl (C=O) groups excluding carboxylic acids is 2. The number of nitrogens with one attached hydrogen (secondary N) is 2. The summed E-state index contributed by atoms with van der Waals surface area (Å²) >= 11 is 0. The SMILES string of the molecule is CC(CCCNC(=O)OC(C)C)NC(=O)C(C)C. The zero-order chi connectivity index (χ0) is 14.1. The highest BCUT2D eigenvalue weighted by atomic mass is 16.6. The number of hydrogen-bond acceptors (Lipinski definition) is 3. The summed E-state index contributed by atoms with van der Waals surface area (Å²) < 4.78 is 4.93. The fourth-order valence-corrected chi connectivity index (χ4v) is 1.34. The quantitative estimate of drug-likeness (QED) is 0.687. The zero-order valence-electron chi connectivity index (χ0n) is 12.1. The Kier molecular flexibility index (Phi) is 8.16. The standard InChI is InChI=1S/C13H26N2O3/c1-9(2)12(16)15-11(5)7-6-8-14-13(17)18-10(3)4/h9-11H,6-8H2,1-5H3,(H,14,17)(H,15,16). The van der Waals surface area contributed by atoms with E-state index in [1.807, 2.05) is 34.6 Å². The van der Waals surface area contributed by atoms with Crippen LogP contribution in [-0.2, 0) is 9.53 Å². The summed E-state index contributed by atoms with van der Waals surface area (Å²) in [7, 11) is 0. The summed E-state index contributed by atoms with van der Waals surface area (Å²) in [5, 5.41) is 5.59. The summed E-state index contributed by atoms with van der Waals surface area (Å²) in [5.74, 6) is 0.0706. The topological polar surface area (TPSA) is 67.4 Å². The van der Waals surface area contributed by atoms with Crippen molar-refractivity contribution in [3.05, 3.63) is 0 Å². The third-order valence-corrected chi connectivity index (χ3v) is 2.34. The molecule has 1 unspecified atom stereocenters. The van der Waals surface area contributed by atoms with Crippen LogP contribution in [0.25, 0.3) is 0 Å². The molecule has 0 aliphatic carbocycles. The van der Waals surface area contributed by atoms with Gasteiger partial charge in [0.1, 0.15) is 0 Å². The summed E-state index contributed by atoms with van der Waals surface area (Å²) in [4.78, 5) is 22.6. The molecular weight excluding hydrogens is 232 g/mol. The van der Waals surface area contributed by atoms with Gasteiger partial charge in [0.05, 0.1) is 6.10 Å². The molecule has 0 radical (unpaired) electrons. The molecule has 0 saturated carbocycles. The zero-order valence-corrected chi connectivity index (χ0v) is 12.1. The maximum Gasteiger partial charge on any atom is 0.407 e. The molecule has 0 aromatic rings. The first kappa shape index (κ1) is 16.7. The number of amides is 2. The minimum absolute atomic E-state index is 0.00611. The molecule has 0 rings (SSSR count). The fraction of sp³-hybridized carbons (Fsp3) is 0.846. The molecule has 0 aliphatic heterocycles. The Morgan fingerprint density at radius 2 is 1.72 bits per heavy atom. The Hall–Kier alpha value is -1.26. The van der Waals surface area contributed by atoms with Crippen LogP contribution < -0.4 is 10.6 Å². The lowest BCUT2D eigenvalue weighted by molar-refractivity contribution is -0.124. The van der Waals surface area contributed by atoms with Crippen molar-refractivity contribution in [2.75, 3.05) is 6.54 Å². The van der Waals surface area contributed by atoms with Gasteiger partial charge in [-0.2, -0.15) is 0 Å². The van der Waals surface area contributed by atoms with Crippen LogP contribution in [0, 0.1) is 5.92 Å². The lowest BCUT2D eigenvalue weighted by atomic mass is 10.1. The molecule has 0 aliphatic rings. The van der Waals surface area contributed by atoms with E-state index in [0.29, 0.717) is 6.54 Å². The first-order chi connectivity index (χ1) is 8.32. The molecule has 18 heavy (non-hydrogen) atoms. The fourth-order valence-electron chi connectivity index (χ4n) is 1.34. The molecule has 2 N–H and O–H groups in total. The average molecular weight is 258 g/mol. The average Bonchev–Trinajstić information content (AvgIpc) is 2.23. The molecule has 0 heterocycles. The van der Waals surface area contributed by atoms with E-state index in [1.54, 1.807) is 0 Å². The summed E-state index contributed by atoms with van der Waals surface area (Å²) in [6.45, 7) is 9.88. The van der Waals surface area contributed by atoms with E-state index in [1.165, 1.54) is 0 Å². The van der Waals surface area contributed by atoms with Gasteiger partial charge in [0, 0.05) is 18.5 Å². The van der Waals surface area contributed by atoms with E-state index in [9.17, 15) is 9.59 Å². The minimum Gasteiger partial charge on any atom is -0.447 e. The van der Waals surface area contributed by atoms with Gasteiger partial charge < -0.3 is 15.4 Å². The molecule has 5 heteroatoms. The number of rotatable bonds is 7. The van der Waals surface area contributed by atoms with Crippen molar-refractivity contribution in [1.29, 1.82) is 0 Å². The van der Waals surface area contributed by atoms with Crippen molar-refractivity contribution in [2.45, 2.75) is 59.6 Å².